The van der Waals surface area contributed by atoms with Gasteiger partial charge in [-0.3, -0.25) is 4.79 Å². The molecule has 1 atom stereocenters. The van der Waals surface area contributed by atoms with Crippen LogP contribution in [0.15, 0.2) is 51.7 Å². The third-order valence-electron chi connectivity index (χ3n) is 4.40. The van der Waals surface area contributed by atoms with Crippen molar-refractivity contribution in [3.63, 3.8) is 0 Å². The number of phenolic OH excluding ortho intramolecular Hbond substituents is 2. The average Bonchev–Trinajstić information content (AvgIpc) is 2.69. The van der Waals surface area contributed by atoms with Crippen molar-refractivity contribution in [2.24, 2.45) is 5.92 Å². The second-order valence-electron chi connectivity index (χ2n) is 6.88. The van der Waals surface area contributed by atoms with Gasteiger partial charge in [-0.15, -0.1) is 0 Å². The normalized spacial score (nSPS) is 12.0. The molecular formula is C21H19NO8. The topological polar surface area (TPSA) is 146 Å². The number of aliphatic carboxylic acids is 1. The number of hydrogen-bond acceptors (Lipinski definition) is 7. The number of rotatable bonds is 5. The maximum absolute atomic E-state index is 12.5. The van der Waals surface area contributed by atoms with E-state index in [-0.39, 0.29) is 16.7 Å². The lowest BCUT2D eigenvalue weighted by atomic mass is 10.1. The third kappa shape index (κ3) is 4.04. The second-order valence-corrected chi connectivity index (χ2v) is 6.88. The van der Waals surface area contributed by atoms with E-state index in [9.17, 15) is 24.6 Å². The Bertz CT molecular complexity index is 1170. The van der Waals surface area contributed by atoms with E-state index in [1.54, 1.807) is 44.2 Å². The average molecular weight is 413 g/mol. The van der Waals surface area contributed by atoms with Crippen LogP contribution in [-0.2, 0) is 4.79 Å². The highest BCUT2D eigenvalue weighted by atomic mass is 16.6. The first-order valence-corrected chi connectivity index (χ1v) is 8.98. The Labute approximate surface area is 170 Å². The summed E-state index contributed by atoms with van der Waals surface area (Å²) in [5, 5.41) is 31.4. The van der Waals surface area contributed by atoms with Crippen LogP contribution in [0.1, 0.15) is 13.8 Å². The summed E-state index contributed by atoms with van der Waals surface area (Å²) in [6.07, 6.45) is -1.16. The number of benzene rings is 2. The lowest BCUT2D eigenvalue weighted by molar-refractivity contribution is -0.140. The van der Waals surface area contributed by atoms with Crippen molar-refractivity contribution in [2.45, 2.75) is 19.9 Å². The summed E-state index contributed by atoms with van der Waals surface area (Å²) < 4.78 is 10.6. The van der Waals surface area contributed by atoms with Gasteiger partial charge in [-0.25, -0.2) is 9.59 Å². The van der Waals surface area contributed by atoms with Gasteiger partial charge in [0.25, 0.3) is 0 Å². The molecule has 9 nitrogen and oxygen atoms in total. The molecule has 0 saturated heterocycles. The first-order valence-electron chi connectivity index (χ1n) is 8.98. The van der Waals surface area contributed by atoms with Gasteiger partial charge in [0.2, 0.25) is 5.75 Å². The number of phenols is 2. The van der Waals surface area contributed by atoms with Gasteiger partial charge in [-0.05, 0) is 5.92 Å². The largest absolute Gasteiger partial charge is 0.504 e. The number of carbonyl (C=O) groups is 2. The Balaban J connectivity index is 2.01. The third-order valence-corrected chi connectivity index (χ3v) is 4.40. The van der Waals surface area contributed by atoms with Gasteiger partial charge in [0.15, 0.2) is 16.9 Å². The first-order chi connectivity index (χ1) is 14.2. The summed E-state index contributed by atoms with van der Waals surface area (Å²) in [4.78, 5) is 35.8. The quantitative estimate of drug-likeness (QED) is 0.467. The molecule has 4 N–H and O–H groups in total. The highest BCUT2D eigenvalue weighted by molar-refractivity contribution is 5.90. The minimum Gasteiger partial charge on any atom is -0.504 e. The Hall–Kier alpha value is -4.01. The molecule has 3 aromatic rings. The van der Waals surface area contributed by atoms with Crippen molar-refractivity contribution < 1.29 is 34.1 Å². The molecule has 0 aliphatic heterocycles. The molecule has 9 heteroatoms. The first kappa shape index (κ1) is 20.7. The lowest BCUT2D eigenvalue weighted by Crippen LogP contribution is -2.45. The molecule has 0 saturated carbocycles. The Morgan fingerprint density at radius 3 is 2.33 bits per heavy atom. The maximum Gasteiger partial charge on any atom is 0.413 e. The van der Waals surface area contributed by atoms with Crippen LogP contribution in [0.4, 0.5) is 4.79 Å². The van der Waals surface area contributed by atoms with Crippen LogP contribution in [0.25, 0.3) is 22.3 Å². The van der Waals surface area contributed by atoms with Gasteiger partial charge in [0.1, 0.15) is 22.8 Å². The van der Waals surface area contributed by atoms with Crippen LogP contribution in [0, 0.1) is 5.92 Å². The minimum absolute atomic E-state index is 0.127. The van der Waals surface area contributed by atoms with Crippen LogP contribution in [0.3, 0.4) is 0 Å². The van der Waals surface area contributed by atoms with Crippen molar-refractivity contribution in [3.8, 4) is 28.6 Å². The molecule has 0 aliphatic carbocycles. The van der Waals surface area contributed by atoms with Gasteiger partial charge in [-0.1, -0.05) is 44.2 Å². The lowest BCUT2D eigenvalue weighted by Gasteiger charge is -2.18. The Morgan fingerprint density at radius 2 is 1.73 bits per heavy atom. The molecule has 1 amide bonds. The zero-order valence-corrected chi connectivity index (χ0v) is 16.1. The monoisotopic (exact) mass is 413 g/mol. The van der Waals surface area contributed by atoms with Gasteiger partial charge >= 0.3 is 12.1 Å². The summed E-state index contributed by atoms with van der Waals surface area (Å²) in [6, 6.07) is 9.74. The highest BCUT2D eigenvalue weighted by Crippen LogP contribution is 2.41. The standard InChI is InChI=1S/C21H19NO8/c1-10(2)17(20(26)27)22-21(28)30-15-9-14-16(19(25)18(15)24)12(23)8-13(29-14)11-6-4-3-5-7-11/h3-10,17,24-25H,1-2H3,(H,22,28)(H,26,27)/t17-/m0/s1. The maximum atomic E-state index is 12.5. The zero-order valence-electron chi connectivity index (χ0n) is 16.1. The molecule has 1 aromatic heterocycles. The number of amides is 1. The van der Waals surface area contributed by atoms with Crippen molar-refractivity contribution in [3.05, 3.63) is 52.7 Å². The number of hydrogen-bond donors (Lipinski definition) is 4. The van der Waals surface area contributed by atoms with E-state index in [1.807, 2.05) is 0 Å². The molecule has 1 heterocycles. The predicted molar refractivity (Wildman–Crippen MR) is 107 cm³/mol. The Morgan fingerprint density at radius 1 is 1.07 bits per heavy atom. The number of fused-ring (bicyclic) bond motifs is 1. The van der Waals surface area contributed by atoms with Crippen LogP contribution in [0.2, 0.25) is 0 Å². The van der Waals surface area contributed by atoms with Gasteiger partial charge in [0, 0.05) is 17.7 Å². The number of ether oxygens (including phenoxy) is 1. The van der Waals surface area contributed by atoms with Crippen molar-refractivity contribution >= 4 is 23.0 Å². The van der Waals surface area contributed by atoms with E-state index in [2.05, 4.69) is 5.32 Å². The van der Waals surface area contributed by atoms with Crippen LogP contribution in [0.5, 0.6) is 17.2 Å². The number of nitrogens with one attached hydrogen (secondary N) is 1. The number of carboxylic acid groups (broad SMARTS) is 1. The Kier molecular flexibility index (Phi) is 5.63. The predicted octanol–water partition coefficient (Wildman–Crippen LogP) is 3.07. The van der Waals surface area contributed by atoms with Gasteiger partial charge in [-0.2, -0.15) is 0 Å². The second kappa shape index (κ2) is 8.16. The number of carboxylic acids is 1. The van der Waals surface area contributed by atoms with E-state index in [0.717, 1.165) is 6.07 Å². The van der Waals surface area contributed by atoms with Crippen LogP contribution >= 0.6 is 0 Å². The molecular weight excluding hydrogens is 394 g/mol. The molecule has 0 aliphatic rings. The summed E-state index contributed by atoms with van der Waals surface area (Å²) in [6.45, 7) is 3.19. The van der Waals surface area contributed by atoms with Crippen molar-refractivity contribution in [2.75, 3.05) is 0 Å². The minimum atomic E-state index is -1.26. The molecule has 30 heavy (non-hydrogen) atoms. The molecule has 0 bridgehead atoms. The molecule has 0 unspecified atom stereocenters. The van der Waals surface area contributed by atoms with E-state index in [0.29, 0.717) is 5.56 Å². The fraction of sp³-hybridized carbons (Fsp3) is 0.190. The van der Waals surface area contributed by atoms with E-state index >= 15 is 0 Å². The van der Waals surface area contributed by atoms with E-state index in [4.69, 9.17) is 14.3 Å². The summed E-state index contributed by atoms with van der Waals surface area (Å²) in [7, 11) is 0. The summed E-state index contributed by atoms with van der Waals surface area (Å²) >= 11 is 0. The summed E-state index contributed by atoms with van der Waals surface area (Å²) in [5.74, 6) is -3.65. The molecule has 0 radical (unpaired) electrons. The number of aromatic hydroxyl groups is 2. The zero-order chi connectivity index (χ0) is 22.0. The smallest absolute Gasteiger partial charge is 0.413 e. The molecule has 2 aromatic carbocycles. The van der Waals surface area contributed by atoms with Gasteiger partial charge in [0.05, 0.1) is 0 Å². The molecule has 156 valence electrons. The molecule has 0 fully saturated rings. The van der Waals surface area contributed by atoms with Crippen LogP contribution in [-0.4, -0.2) is 33.4 Å². The van der Waals surface area contributed by atoms with Crippen molar-refractivity contribution in [1.29, 1.82) is 0 Å². The number of carbonyl (C=O) groups excluding carboxylic acids is 1. The summed E-state index contributed by atoms with van der Waals surface area (Å²) in [5.41, 5.74) is -0.131. The highest BCUT2D eigenvalue weighted by Gasteiger charge is 2.26. The fourth-order valence-corrected chi connectivity index (χ4v) is 2.86. The van der Waals surface area contributed by atoms with Gasteiger partial charge < -0.3 is 29.8 Å². The fourth-order valence-electron chi connectivity index (χ4n) is 2.86. The van der Waals surface area contributed by atoms with E-state index in [1.165, 1.54) is 6.07 Å². The van der Waals surface area contributed by atoms with E-state index < -0.39 is 46.7 Å². The SMILES string of the molecule is CC(C)[C@H](NC(=O)Oc1cc2oc(-c3ccccc3)cc(=O)c2c(O)c1O)C(=O)O. The van der Waals surface area contributed by atoms with Crippen molar-refractivity contribution in [1.82, 2.24) is 5.32 Å². The molecule has 3 rings (SSSR count). The van der Waals surface area contributed by atoms with Crippen LogP contribution < -0.4 is 15.5 Å². The molecule has 0 spiro atoms.